The number of carbonyl (C=O) groups is 2. The first-order valence-electron chi connectivity index (χ1n) is 1.67. The van der Waals surface area contributed by atoms with Crippen molar-refractivity contribution >= 4 is 35.0 Å². The van der Waals surface area contributed by atoms with Crippen molar-refractivity contribution in [2.75, 3.05) is 0 Å². The number of aliphatic carboxylic acids is 2. The van der Waals surface area contributed by atoms with Gasteiger partial charge in [0.25, 0.3) is 0 Å². The molecule has 10 heavy (non-hydrogen) atoms. The van der Waals surface area contributed by atoms with E-state index in [0.29, 0.717) is 0 Å². The summed E-state index contributed by atoms with van der Waals surface area (Å²) >= 11 is 0. The van der Waals surface area contributed by atoms with Crippen LogP contribution in [0.5, 0.6) is 0 Å². The summed E-state index contributed by atoms with van der Waals surface area (Å²) in [6.07, 6.45) is 0. The van der Waals surface area contributed by atoms with Crippen LogP contribution in [0.25, 0.3) is 0 Å². The number of carbonyl (C=O) groups excluding carboxylic acids is 2. The Morgan fingerprint density at radius 1 is 1.30 bits per heavy atom. The van der Waals surface area contributed by atoms with Crippen LogP contribution in [0.1, 0.15) is 6.92 Å². The Kier molecular flexibility index (Phi) is 36.1. The van der Waals surface area contributed by atoms with E-state index in [1.807, 2.05) is 0 Å². The second-order valence-electron chi connectivity index (χ2n) is 0.864. The number of rotatable bonds is 0. The minimum absolute atomic E-state index is 0. The molecule has 0 rings (SSSR count). The molecule has 0 aromatic heterocycles. The molecule has 0 amide bonds. The first kappa shape index (κ1) is 22.5. The first-order valence-corrected chi connectivity index (χ1v) is 1.67. The van der Waals surface area contributed by atoms with E-state index < -0.39 is 11.9 Å². The van der Waals surface area contributed by atoms with Crippen molar-refractivity contribution < 1.29 is 39.3 Å². The average Bonchev–Trinajstić information content (AvgIpc) is 1.25. The number of carboxylic acid groups (broad SMARTS) is 2. The quantitative estimate of drug-likeness (QED) is 0.312. The molecule has 0 radical (unpaired) electrons. The molecular formula is C4H5MgO4Zn-. The first-order chi connectivity index (χ1) is 3.46. The summed E-state index contributed by atoms with van der Waals surface area (Å²) in [6.45, 7) is 3.42. The van der Waals surface area contributed by atoms with Crippen molar-refractivity contribution in [3.8, 4) is 0 Å². The summed E-state index contributed by atoms with van der Waals surface area (Å²) in [5.74, 6) is -2.42. The maximum atomic E-state index is 8.89. The smallest absolute Gasteiger partial charge is 0.584 e. The normalized spacial score (nSPS) is 4.90. The monoisotopic (exact) mass is 205 g/mol. The van der Waals surface area contributed by atoms with E-state index in [1.165, 1.54) is 0 Å². The third kappa shape index (κ3) is 10700. The number of hydrogen-bond acceptors (Lipinski definition) is 4. The van der Waals surface area contributed by atoms with Crippen molar-refractivity contribution in [1.29, 1.82) is 0 Å². The van der Waals surface area contributed by atoms with Crippen molar-refractivity contribution in [1.82, 2.24) is 0 Å². The van der Waals surface area contributed by atoms with Crippen LogP contribution in [0.2, 0.25) is 0 Å². The van der Waals surface area contributed by atoms with Crippen LogP contribution in [0.4, 0.5) is 0 Å². The maximum Gasteiger partial charge on any atom is 2.00 e. The molecule has 6 heteroatoms. The second kappa shape index (κ2) is 16.1. The van der Waals surface area contributed by atoms with E-state index in [9.17, 15) is 0 Å². The zero-order valence-corrected chi connectivity index (χ0v) is 10.1. The summed E-state index contributed by atoms with van der Waals surface area (Å²) in [5, 5.41) is 17.7. The molecule has 0 unspecified atom stereocenters. The Bertz CT molecular complexity index is 75.3. The van der Waals surface area contributed by atoms with E-state index in [2.05, 4.69) is 6.92 Å². The fourth-order valence-electron chi connectivity index (χ4n) is 0. The van der Waals surface area contributed by atoms with Crippen LogP contribution in [0.3, 0.4) is 0 Å². The second-order valence-corrected chi connectivity index (χ2v) is 0.864. The minimum atomic E-state index is -1.33. The minimum Gasteiger partial charge on any atom is -0.584 e. The van der Waals surface area contributed by atoms with E-state index in [4.69, 9.17) is 19.8 Å². The zero-order valence-electron chi connectivity index (χ0n) is 5.75. The summed E-state index contributed by atoms with van der Waals surface area (Å²) in [5.41, 5.74) is 0. The van der Waals surface area contributed by atoms with Gasteiger partial charge in [-0.2, -0.15) is 0 Å². The van der Waals surface area contributed by atoms with Crippen LogP contribution >= 0.6 is 0 Å². The van der Waals surface area contributed by atoms with Crippen molar-refractivity contribution in [3.63, 3.8) is 0 Å². The molecule has 0 saturated heterocycles. The topological polar surface area (TPSA) is 80.3 Å². The Hall–Kier alpha value is 0.200. The van der Waals surface area contributed by atoms with Crippen molar-refractivity contribution in [2.24, 2.45) is 0 Å². The van der Waals surface area contributed by atoms with Gasteiger partial charge in [-0.1, -0.05) is 0 Å². The molecule has 0 aromatic rings. The number of hydrogen-bond donors (Lipinski definition) is 0. The molecule has 0 aliphatic carbocycles. The van der Waals surface area contributed by atoms with Crippen LogP contribution in [-0.4, -0.2) is 35.0 Å². The average molecular weight is 207 g/mol. The van der Waals surface area contributed by atoms with Gasteiger partial charge in [-0.05, 0) is 6.92 Å². The van der Waals surface area contributed by atoms with Crippen molar-refractivity contribution in [3.05, 3.63) is 6.92 Å². The third-order valence-electron chi connectivity index (χ3n) is 0. The van der Waals surface area contributed by atoms with Crippen molar-refractivity contribution in [2.45, 2.75) is 6.92 Å². The van der Waals surface area contributed by atoms with Gasteiger partial charge in [-0.15, -0.1) is 5.97 Å². The van der Waals surface area contributed by atoms with Gasteiger partial charge < -0.3 is 26.7 Å². The SMILES string of the molecule is CC(=O)[O-].[CH2-]C(=O)[O-].[Mg+2].[Zn]. The molecule has 0 aliphatic rings. The van der Waals surface area contributed by atoms with E-state index >= 15 is 0 Å². The Morgan fingerprint density at radius 2 is 1.30 bits per heavy atom. The van der Waals surface area contributed by atoms with Crippen LogP contribution in [0.15, 0.2) is 0 Å². The molecule has 0 N–H and O–H groups in total. The molecule has 0 heterocycles. The van der Waals surface area contributed by atoms with Gasteiger partial charge in [0.05, 0.1) is 0 Å². The third-order valence-corrected chi connectivity index (χ3v) is 0. The summed E-state index contributed by atoms with van der Waals surface area (Å²) in [6, 6.07) is 0. The molecular weight excluding hydrogens is 202 g/mol. The predicted octanol–water partition coefficient (Wildman–Crippen LogP) is -3.06. The Labute approximate surface area is 87.9 Å². The summed E-state index contributed by atoms with van der Waals surface area (Å²) in [7, 11) is 0. The Balaban J connectivity index is -0.0000000300. The molecule has 0 atom stereocenters. The van der Waals surface area contributed by atoms with Gasteiger partial charge in [-0.3, -0.25) is 0 Å². The van der Waals surface area contributed by atoms with Crippen LogP contribution in [0, 0.1) is 6.92 Å². The predicted molar refractivity (Wildman–Crippen MR) is 26.8 cm³/mol. The van der Waals surface area contributed by atoms with Gasteiger partial charge in [0.2, 0.25) is 0 Å². The van der Waals surface area contributed by atoms with Gasteiger partial charge in [0, 0.05) is 25.4 Å². The summed E-state index contributed by atoms with van der Waals surface area (Å²) < 4.78 is 0. The van der Waals surface area contributed by atoms with Gasteiger partial charge in [0.15, 0.2) is 0 Å². The molecule has 0 fully saturated rings. The molecule has 4 nitrogen and oxygen atoms in total. The van der Waals surface area contributed by atoms with Gasteiger partial charge in [0.1, 0.15) is 0 Å². The largest absolute Gasteiger partial charge is 2.00 e. The zero-order chi connectivity index (χ0) is 7.15. The number of carboxylic acids is 2. The van der Waals surface area contributed by atoms with Gasteiger partial charge in [-0.25, -0.2) is 0 Å². The standard InChI is InChI=1S/C2H4O2.C2H3O2.Mg.Zn/c2*1-2(3)4;;/h1H3,(H,3,4);1H2,(H,3,4);;/q;-1;+2;/p-2. The molecule has 0 bridgehead atoms. The van der Waals surface area contributed by atoms with Gasteiger partial charge >= 0.3 is 23.1 Å². The molecule has 0 saturated carbocycles. The molecule has 0 aliphatic heterocycles. The molecule has 50 valence electrons. The maximum absolute atomic E-state index is 8.89. The van der Waals surface area contributed by atoms with Crippen LogP contribution < -0.4 is 10.2 Å². The molecule has 0 aromatic carbocycles. The molecule has 0 spiro atoms. The summed E-state index contributed by atoms with van der Waals surface area (Å²) in [4.78, 5) is 17.7. The fraction of sp³-hybridized carbons (Fsp3) is 0.250. The fourth-order valence-corrected chi connectivity index (χ4v) is 0. The van der Waals surface area contributed by atoms with Crippen LogP contribution in [-0.2, 0) is 29.1 Å². The van der Waals surface area contributed by atoms with E-state index in [0.717, 1.165) is 6.92 Å². The van der Waals surface area contributed by atoms with E-state index in [1.54, 1.807) is 0 Å². The van der Waals surface area contributed by atoms with E-state index in [-0.39, 0.29) is 42.5 Å². The Morgan fingerprint density at radius 3 is 1.30 bits per heavy atom.